The molecule has 26 heavy (non-hydrogen) atoms. The summed E-state index contributed by atoms with van der Waals surface area (Å²) in [5.74, 6) is -1.08. The van der Waals surface area contributed by atoms with Crippen LogP contribution in [0.2, 0.25) is 0 Å². The molecule has 1 saturated heterocycles. The van der Waals surface area contributed by atoms with Gasteiger partial charge in [-0.1, -0.05) is 12.8 Å². The van der Waals surface area contributed by atoms with E-state index in [9.17, 15) is 19.2 Å². The first-order chi connectivity index (χ1) is 12.5. The molecular formula is C19H23N3O4. The summed E-state index contributed by atoms with van der Waals surface area (Å²) >= 11 is 0. The molecule has 3 rings (SSSR count). The van der Waals surface area contributed by atoms with Gasteiger partial charge in [0.05, 0.1) is 11.8 Å². The minimum absolute atomic E-state index is 0.0636. The SMILES string of the molecule is CNC(=O)c1ccc(NC(=O)CCN2C(=O)[C@@H]3CCCC[C@H]3C2=O)cc1. The van der Waals surface area contributed by atoms with Crippen molar-refractivity contribution in [3.05, 3.63) is 29.8 Å². The van der Waals surface area contributed by atoms with Crippen LogP contribution in [0, 0.1) is 11.8 Å². The van der Waals surface area contributed by atoms with E-state index in [2.05, 4.69) is 10.6 Å². The van der Waals surface area contributed by atoms with Gasteiger partial charge >= 0.3 is 0 Å². The maximum atomic E-state index is 12.4. The van der Waals surface area contributed by atoms with Crippen molar-refractivity contribution >= 4 is 29.3 Å². The van der Waals surface area contributed by atoms with Gasteiger partial charge in [0.15, 0.2) is 0 Å². The van der Waals surface area contributed by atoms with Gasteiger partial charge in [0.25, 0.3) is 5.91 Å². The Balaban J connectivity index is 1.53. The molecule has 2 aliphatic rings. The molecule has 7 heteroatoms. The lowest BCUT2D eigenvalue weighted by molar-refractivity contribution is -0.140. The predicted octanol–water partition coefficient (Wildman–Crippen LogP) is 1.55. The van der Waals surface area contributed by atoms with E-state index in [-0.39, 0.29) is 48.4 Å². The molecule has 1 aromatic carbocycles. The molecule has 1 heterocycles. The van der Waals surface area contributed by atoms with E-state index >= 15 is 0 Å². The number of nitrogens with zero attached hydrogens (tertiary/aromatic N) is 1. The molecule has 2 fully saturated rings. The highest BCUT2D eigenvalue weighted by Gasteiger charge is 2.47. The van der Waals surface area contributed by atoms with Crippen LogP contribution in [-0.2, 0) is 14.4 Å². The summed E-state index contributed by atoms with van der Waals surface area (Å²) in [7, 11) is 1.55. The van der Waals surface area contributed by atoms with Gasteiger partial charge in [-0.15, -0.1) is 0 Å². The van der Waals surface area contributed by atoms with Crippen LogP contribution in [0.15, 0.2) is 24.3 Å². The van der Waals surface area contributed by atoms with Gasteiger partial charge in [-0.25, -0.2) is 0 Å². The highest BCUT2D eigenvalue weighted by atomic mass is 16.2. The fourth-order valence-electron chi connectivity index (χ4n) is 3.74. The number of anilines is 1. The molecule has 1 saturated carbocycles. The number of hydrogen-bond donors (Lipinski definition) is 2. The Morgan fingerprint density at radius 2 is 1.62 bits per heavy atom. The maximum absolute atomic E-state index is 12.4. The van der Waals surface area contributed by atoms with Crippen molar-refractivity contribution in [2.45, 2.75) is 32.1 Å². The van der Waals surface area contributed by atoms with Crippen molar-refractivity contribution in [1.82, 2.24) is 10.2 Å². The summed E-state index contributed by atoms with van der Waals surface area (Å²) in [6.45, 7) is 0.118. The molecule has 1 aliphatic carbocycles. The normalized spacial score (nSPS) is 22.1. The smallest absolute Gasteiger partial charge is 0.251 e. The highest BCUT2D eigenvalue weighted by Crippen LogP contribution is 2.37. The summed E-state index contributed by atoms with van der Waals surface area (Å²) in [6.07, 6.45) is 3.58. The van der Waals surface area contributed by atoms with Crippen LogP contribution >= 0.6 is 0 Å². The zero-order valence-corrected chi connectivity index (χ0v) is 14.8. The lowest BCUT2D eigenvalue weighted by Gasteiger charge is -2.19. The Morgan fingerprint density at radius 1 is 1.04 bits per heavy atom. The molecule has 138 valence electrons. The number of nitrogens with one attached hydrogen (secondary N) is 2. The second-order valence-corrected chi connectivity index (χ2v) is 6.78. The number of rotatable bonds is 5. The van der Waals surface area contributed by atoms with Crippen molar-refractivity contribution in [1.29, 1.82) is 0 Å². The number of fused-ring (bicyclic) bond motifs is 1. The van der Waals surface area contributed by atoms with Crippen LogP contribution < -0.4 is 10.6 Å². The average Bonchev–Trinajstić information content (AvgIpc) is 2.91. The number of benzene rings is 1. The number of amides is 4. The number of imide groups is 1. The van der Waals surface area contributed by atoms with E-state index < -0.39 is 0 Å². The van der Waals surface area contributed by atoms with Crippen LogP contribution in [0.1, 0.15) is 42.5 Å². The van der Waals surface area contributed by atoms with Gasteiger partial charge in [-0.05, 0) is 37.1 Å². The van der Waals surface area contributed by atoms with Crippen LogP contribution in [0.25, 0.3) is 0 Å². The molecule has 2 atom stereocenters. The fraction of sp³-hybridized carbons (Fsp3) is 0.474. The molecule has 0 radical (unpaired) electrons. The fourth-order valence-corrected chi connectivity index (χ4v) is 3.74. The molecule has 4 amide bonds. The maximum Gasteiger partial charge on any atom is 0.251 e. The van der Waals surface area contributed by atoms with E-state index in [1.165, 1.54) is 4.90 Å². The van der Waals surface area contributed by atoms with E-state index in [0.29, 0.717) is 11.3 Å². The predicted molar refractivity (Wildman–Crippen MR) is 95.2 cm³/mol. The lowest BCUT2D eigenvalue weighted by atomic mass is 9.81. The first kappa shape index (κ1) is 18.1. The van der Waals surface area contributed by atoms with Gasteiger partial charge in [-0.3, -0.25) is 24.1 Å². The van der Waals surface area contributed by atoms with Gasteiger partial charge in [0.2, 0.25) is 17.7 Å². The van der Waals surface area contributed by atoms with Crippen molar-refractivity contribution in [3.63, 3.8) is 0 Å². The largest absolute Gasteiger partial charge is 0.355 e. The summed E-state index contributed by atoms with van der Waals surface area (Å²) in [6, 6.07) is 6.52. The van der Waals surface area contributed by atoms with E-state index in [1.54, 1.807) is 31.3 Å². The third-order valence-corrected chi connectivity index (χ3v) is 5.15. The summed E-state index contributed by atoms with van der Waals surface area (Å²) < 4.78 is 0. The van der Waals surface area contributed by atoms with Crippen LogP contribution in [0.3, 0.4) is 0 Å². The standard InChI is InChI=1S/C19H23N3O4/c1-20-17(24)12-6-8-13(9-7-12)21-16(23)10-11-22-18(25)14-4-2-3-5-15(14)19(22)26/h6-9,14-15H,2-5,10-11H2,1H3,(H,20,24)(H,21,23)/t14-,15-/m1/s1. The molecule has 2 N–H and O–H groups in total. The van der Waals surface area contributed by atoms with Crippen molar-refractivity contribution in [2.75, 3.05) is 18.9 Å². The monoisotopic (exact) mass is 357 g/mol. The first-order valence-corrected chi connectivity index (χ1v) is 8.98. The van der Waals surface area contributed by atoms with E-state index in [0.717, 1.165) is 25.7 Å². The third kappa shape index (κ3) is 3.61. The minimum atomic E-state index is -0.270. The summed E-state index contributed by atoms with van der Waals surface area (Å²) in [4.78, 5) is 49.7. The molecule has 0 bridgehead atoms. The Hall–Kier alpha value is -2.70. The zero-order chi connectivity index (χ0) is 18.7. The van der Waals surface area contributed by atoms with Gasteiger partial charge in [0.1, 0.15) is 0 Å². The van der Waals surface area contributed by atoms with Crippen molar-refractivity contribution in [2.24, 2.45) is 11.8 Å². The highest BCUT2D eigenvalue weighted by molar-refractivity contribution is 6.05. The molecule has 7 nitrogen and oxygen atoms in total. The Kier molecular flexibility index (Phi) is 5.35. The lowest BCUT2D eigenvalue weighted by Crippen LogP contribution is -2.34. The topological polar surface area (TPSA) is 95.6 Å². The first-order valence-electron chi connectivity index (χ1n) is 8.98. The van der Waals surface area contributed by atoms with Crippen molar-refractivity contribution < 1.29 is 19.2 Å². The molecule has 0 unspecified atom stereocenters. The number of carbonyl (C=O) groups excluding carboxylic acids is 4. The number of carbonyl (C=O) groups is 4. The Morgan fingerprint density at radius 3 is 2.15 bits per heavy atom. The van der Waals surface area contributed by atoms with Gasteiger partial charge in [0, 0.05) is 31.3 Å². The second kappa shape index (κ2) is 7.68. The van der Waals surface area contributed by atoms with Crippen LogP contribution in [-0.4, -0.2) is 42.1 Å². The van der Waals surface area contributed by atoms with E-state index in [4.69, 9.17) is 0 Å². The van der Waals surface area contributed by atoms with Gasteiger partial charge in [-0.2, -0.15) is 0 Å². The van der Waals surface area contributed by atoms with Crippen LogP contribution in [0.4, 0.5) is 5.69 Å². The van der Waals surface area contributed by atoms with E-state index in [1.807, 2.05) is 0 Å². The summed E-state index contributed by atoms with van der Waals surface area (Å²) in [5, 5.41) is 5.25. The van der Waals surface area contributed by atoms with Gasteiger partial charge < -0.3 is 10.6 Å². The molecule has 1 aromatic rings. The quantitative estimate of drug-likeness (QED) is 0.782. The minimum Gasteiger partial charge on any atom is -0.355 e. The van der Waals surface area contributed by atoms with Crippen molar-refractivity contribution in [3.8, 4) is 0 Å². The third-order valence-electron chi connectivity index (χ3n) is 5.15. The average molecular weight is 357 g/mol. The zero-order valence-electron chi connectivity index (χ0n) is 14.8. The second-order valence-electron chi connectivity index (χ2n) is 6.78. The summed E-state index contributed by atoms with van der Waals surface area (Å²) in [5.41, 5.74) is 1.07. The Bertz CT molecular complexity index is 705. The molecule has 0 spiro atoms. The Labute approximate surface area is 152 Å². The molecule has 1 aliphatic heterocycles. The number of hydrogen-bond acceptors (Lipinski definition) is 4. The number of likely N-dealkylation sites (tertiary alicyclic amines) is 1. The molecular weight excluding hydrogens is 334 g/mol. The van der Waals surface area contributed by atoms with Crippen LogP contribution in [0.5, 0.6) is 0 Å². The molecule has 0 aromatic heterocycles.